The molecule has 0 saturated heterocycles. The molecule has 4 rings (SSSR count). The summed E-state index contributed by atoms with van der Waals surface area (Å²) in [6, 6.07) is 20.2. The molecule has 12 nitrogen and oxygen atoms in total. The van der Waals surface area contributed by atoms with Crippen molar-refractivity contribution in [2.45, 2.75) is 33.0 Å². The molecule has 12 heteroatoms. The van der Waals surface area contributed by atoms with Gasteiger partial charge in [-0.15, -0.1) is 0 Å². The Morgan fingerprint density at radius 1 is 0.976 bits per heavy atom. The first-order chi connectivity index (χ1) is 20.1. The Kier molecular flexibility index (Phi) is 9.17. The van der Waals surface area contributed by atoms with Gasteiger partial charge in [-0.2, -0.15) is 0 Å². The zero-order chi connectivity index (χ0) is 30.2. The minimum Gasteiger partial charge on any atom is -0.399 e. The van der Waals surface area contributed by atoms with Crippen LogP contribution in [-0.4, -0.2) is 33.4 Å². The second-order valence-corrected chi connectivity index (χ2v) is 9.86. The molecule has 0 bridgehead atoms. The molecule has 0 unspecified atom stereocenters. The minimum atomic E-state index is -0.485. The highest BCUT2D eigenvalue weighted by Crippen LogP contribution is 2.26. The number of carbonyl (C=O) groups excluding carboxylic acids is 2. The number of anilines is 4. The van der Waals surface area contributed by atoms with Gasteiger partial charge in [0.1, 0.15) is 12.4 Å². The lowest BCUT2D eigenvalue weighted by molar-refractivity contribution is -0.121. The van der Waals surface area contributed by atoms with Crippen LogP contribution < -0.4 is 38.3 Å². The van der Waals surface area contributed by atoms with E-state index in [4.69, 9.17) is 16.9 Å². The number of nitrogens with zero attached hydrogens (tertiary/aromatic N) is 2. The number of benzene rings is 3. The molecule has 0 aliphatic carbocycles. The molecule has 3 aromatic carbocycles. The fourth-order valence-corrected chi connectivity index (χ4v) is 4.14. The van der Waals surface area contributed by atoms with Gasteiger partial charge in [-0.3, -0.25) is 19.6 Å². The Morgan fingerprint density at radius 3 is 2.33 bits per heavy atom. The number of hydrogen-bond acceptors (Lipinski definition) is 7. The first kappa shape index (κ1) is 29.3. The van der Waals surface area contributed by atoms with Gasteiger partial charge >= 0.3 is 6.03 Å². The van der Waals surface area contributed by atoms with Crippen LogP contribution in [0.5, 0.6) is 0 Å². The van der Waals surface area contributed by atoms with Crippen molar-refractivity contribution in [2.24, 2.45) is 5.73 Å². The maximum absolute atomic E-state index is 13.5. The summed E-state index contributed by atoms with van der Waals surface area (Å²) in [6.07, 6.45) is 1.49. The molecule has 0 aliphatic heterocycles. The number of nitrogens with two attached hydrogens (primary N) is 2. The molecule has 216 valence electrons. The van der Waals surface area contributed by atoms with E-state index < -0.39 is 17.5 Å². The van der Waals surface area contributed by atoms with Gasteiger partial charge in [-0.25, -0.2) is 9.78 Å². The number of nitrogens with one attached hydrogen (secondary N) is 5. The fraction of sp³-hybridized carbons (Fsp3) is 0.167. The van der Waals surface area contributed by atoms with Crippen molar-refractivity contribution >= 4 is 40.7 Å². The van der Waals surface area contributed by atoms with E-state index in [0.717, 1.165) is 5.56 Å². The molecular weight excluding hydrogens is 534 g/mol. The highest BCUT2D eigenvalue weighted by Gasteiger charge is 2.17. The molecule has 42 heavy (non-hydrogen) atoms. The van der Waals surface area contributed by atoms with Gasteiger partial charge in [0.05, 0.1) is 11.9 Å². The van der Waals surface area contributed by atoms with Gasteiger partial charge in [-0.05, 0) is 49.7 Å². The van der Waals surface area contributed by atoms with Crippen LogP contribution in [0.2, 0.25) is 0 Å². The van der Waals surface area contributed by atoms with Crippen LogP contribution in [0.15, 0.2) is 83.8 Å². The van der Waals surface area contributed by atoms with Crippen molar-refractivity contribution < 1.29 is 9.59 Å². The van der Waals surface area contributed by atoms with Crippen LogP contribution in [0.1, 0.15) is 25.0 Å². The third-order valence-electron chi connectivity index (χ3n) is 6.08. The summed E-state index contributed by atoms with van der Waals surface area (Å²) in [7, 11) is 0. The number of para-hydroxylation sites is 1. The number of amides is 3. The molecule has 0 aliphatic rings. The fourth-order valence-electron chi connectivity index (χ4n) is 4.14. The lowest BCUT2D eigenvalue weighted by Gasteiger charge is -2.17. The lowest BCUT2D eigenvalue weighted by Crippen LogP contribution is -2.35. The Labute approximate surface area is 242 Å². The first-order valence-corrected chi connectivity index (χ1v) is 13.2. The van der Waals surface area contributed by atoms with E-state index in [1.807, 2.05) is 19.9 Å². The predicted octanol–water partition coefficient (Wildman–Crippen LogP) is 3.56. The van der Waals surface area contributed by atoms with E-state index in [0.29, 0.717) is 33.9 Å². The molecule has 3 amide bonds. The minimum absolute atomic E-state index is 0.0438. The van der Waals surface area contributed by atoms with E-state index in [1.165, 1.54) is 10.8 Å². The van der Waals surface area contributed by atoms with Crippen LogP contribution in [0, 0.1) is 5.41 Å². The maximum Gasteiger partial charge on any atom is 0.323 e. The van der Waals surface area contributed by atoms with Gasteiger partial charge in [0.25, 0.3) is 5.56 Å². The molecule has 0 saturated carbocycles. The molecule has 4 aromatic rings. The molecule has 0 radical (unpaired) electrons. The van der Waals surface area contributed by atoms with Crippen LogP contribution in [0.3, 0.4) is 0 Å². The lowest BCUT2D eigenvalue weighted by atomic mass is 10.1. The monoisotopic (exact) mass is 567 g/mol. The van der Waals surface area contributed by atoms with Crippen LogP contribution >= 0.6 is 0 Å². The van der Waals surface area contributed by atoms with E-state index >= 15 is 0 Å². The average molecular weight is 568 g/mol. The number of rotatable bonds is 10. The Morgan fingerprint density at radius 2 is 1.67 bits per heavy atom. The largest absolute Gasteiger partial charge is 0.399 e. The molecule has 1 heterocycles. The second-order valence-electron chi connectivity index (χ2n) is 9.86. The number of hydrogen-bond donors (Lipinski definition) is 7. The van der Waals surface area contributed by atoms with Gasteiger partial charge in [0.2, 0.25) is 5.91 Å². The van der Waals surface area contributed by atoms with Crippen molar-refractivity contribution in [3.05, 3.63) is 100 Å². The quantitative estimate of drug-likeness (QED) is 0.0864. The number of carbonyl (C=O) groups is 2. The number of aromatic nitrogens is 2. The van der Waals surface area contributed by atoms with Crippen LogP contribution in [0.4, 0.5) is 27.7 Å². The van der Waals surface area contributed by atoms with Gasteiger partial charge in [-0.1, -0.05) is 42.5 Å². The second kappa shape index (κ2) is 13.1. The summed E-state index contributed by atoms with van der Waals surface area (Å²) in [4.78, 5) is 43.4. The summed E-state index contributed by atoms with van der Waals surface area (Å²) in [5.41, 5.74) is 14.7. The Hall–Kier alpha value is -5.65. The normalized spacial score (nSPS) is 10.6. The van der Waals surface area contributed by atoms with Crippen molar-refractivity contribution in [1.82, 2.24) is 14.9 Å². The highest BCUT2D eigenvalue weighted by molar-refractivity contribution is 6.00. The summed E-state index contributed by atoms with van der Waals surface area (Å²) >= 11 is 0. The summed E-state index contributed by atoms with van der Waals surface area (Å²) in [5, 5.41) is 18.8. The van der Waals surface area contributed by atoms with Crippen molar-refractivity contribution in [3.8, 4) is 11.3 Å². The average Bonchev–Trinajstić information content (AvgIpc) is 2.94. The van der Waals surface area contributed by atoms with Crippen molar-refractivity contribution in [1.29, 1.82) is 5.41 Å². The smallest absolute Gasteiger partial charge is 0.323 e. The molecule has 0 fully saturated rings. The van der Waals surface area contributed by atoms with E-state index in [1.54, 1.807) is 66.7 Å². The molecule has 0 atom stereocenters. The van der Waals surface area contributed by atoms with Gasteiger partial charge in [0, 0.05) is 40.8 Å². The van der Waals surface area contributed by atoms with Crippen LogP contribution in [0.25, 0.3) is 11.3 Å². The van der Waals surface area contributed by atoms with E-state index in [9.17, 15) is 14.4 Å². The van der Waals surface area contributed by atoms with Gasteiger partial charge in [0.15, 0.2) is 5.82 Å². The van der Waals surface area contributed by atoms with Crippen molar-refractivity contribution in [3.63, 3.8) is 0 Å². The number of nitrogen functional groups attached to an aromatic ring is 2. The molecule has 1 aromatic heterocycles. The summed E-state index contributed by atoms with van der Waals surface area (Å²) < 4.78 is 1.31. The third kappa shape index (κ3) is 7.72. The Balaban J connectivity index is 1.59. The SMILES string of the molecule is CC(C)Nc1ncc(-c2cc(N)cc(NC(=O)Nc3ccccc3)c2)n(CC(=O)NCc2ccc(C(=N)N)cc2)c1=O. The predicted molar refractivity (Wildman–Crippen MR) is 165 cm³/mol. The number of urea groups is 1. The summed E-state index contributed by atoms with van der Waals surface area (Å²) in [6.45, 7) is 3.67. The van der Waals surface area contributed by atoms with Crippen LogP contribution in [-0.2, 0) is 17.9 Å². The zero-order valence-corrected chi connectivity index (χ0v) is 23.3. The topological polar surface area (TPSA) is 193 Å². The van der Waals surface area contributed by atoms with E-state index in [-0.39, 0.29) is 30.8 Å². The Bertz CT molecular complexity index is 1650. The third-order valence-corrected chi connectivity index (χ3v) is 6.08. The molecule has 0 spiro atoms. The summed E-state index contributed by atoms with van der Waals surface area (Å²) in [5.74, 6) is -0.344. The molecular formula is C30H33N9O3. The van der Waals surface area contributed by atoms with Gasteiger partial charge < -0.3 is 32.7 Å². The highest BCUT2D eigenvalue weighted by atomic mass is 16.2. The first-order valence-electron chi connectivity index (χ1n) is 13.2. The van der Waals surface area contributed by atoms with E-state index in [2.05, 4.69) is 26.3 Å². The number of amidine groups is 1. The van der Waals surface area contributed by atoms with Crippen molar-refractivity contribution in [2.75, 3.05) is 21.7 Å². The standard InChI is InChI=1S/C30H33N9O3/c1-18(2)36-28-29(41)39(17-26(40)34-15-19-8-10-20(11-9-19)27(32)33)25(16-35-28)21-12-22(31)14-24(13-21)38-30(42)37-23-6-4-3-5-7-23/h3-14,16,18H,15,17,31H2,1-2H3,(H3,32,33)(H,34,40)(H,35,36)(H2,37,38,42). The molecule has 9 N–H and O–H groups in total. The zero-order valence-electron chi connectivity index (χ0n) is 23.3. The maximum atomic E-state index is 13.5.